The van der Waals surface area contributed by atoms with E-state index >= 15 is 0 Å². The van der Waals surface area contributed by atoms with Crippen molar-refractivity contribution in [2.75, 3.05) is 0 Å². The molecule has 0 aliphatic carbocycles. The van der Waals surface area contributed by atoms with Crippen LogP contribution in [0.15, 0.2) is 95.7 Å². The molecule has 0 radical (unpaired) electrons. The first kappa shape index (κ1) is 22.2. The summed E-state index contributed by atoms with van der Waals surface area (Å²) in [6.07, 6.45) is 12.1. The van der Waals surface area contributed by atoms with E-state index in [2.05, 4.69) is 109 Å². The zero-order valence-electron chi connectivity index (χ0n) is 18.7. The SMILES string of the molecule is C=NC(=CC(C=Cc1ccc(C)cc1)=CC)c1cc(CCc2ccc(C)cc2)ccn1. The van der Waals surface area contributed by atoms with E-state index in [-0.39, 0.29) is 0 Å². The second-order valence-electron chi connectivity index (χ2n) is 7.76. The maximum atomic E-state index is 4.54. The number of nitrogens with zero attached hydrogens (tertiary/aromatic N) is 2. The summed E-state index contributed by atoms with van der Waals surface area (Å²) in [5, 5.41) is 0. The molecule has 0 saturated carbocycles. The van der Waals surface area contributed by atoms with Crippen LogP contribution in [0.5, 0.6) is 0 Å². The largest absolute Gasteiger partial charge is 0.262 e. The molecule has 0 N–H and O–H groups in total. The molecule has 0 aliphatic heterocycles. The Kier molecular flexibility index (Phi) is 7.89. The fourth-order valence-corrected chi connectivity index (χ4v) is 3.27. The second kappa shape index (κ2) is 11.0. The Morgan fingerprint density at radius 3 is 2.19 bits per heavy atom. The number of rotatable bonds is 8. The minimum absolute atomic E-state index is 0.777. The first-order chi connectivity index (χ1) is 15.1. The molecule has 0 spiro atoms. The summed E-state index contributed by atoms with van der Waals surface area (Å²) in [7, 11) is 0. The van der Waals surface area contributed by atoms with Gasteiger partial charge in [0.1, 0.15) is 0 Å². The van der Waals surface area contributed by atoms with Gasteiger partial charge in [0, 0.05) is 6.20 Å². The molecule has 0 amide bonds. The van der Waals surface area contributed by atoms with E-state index in [9.17, 15) is 0 Å². The number of aromatic nitrogens is 1. The van der Waals surface area contributed by atoms with Gasteiger partial charge in [-0.15, -0.1) is 0 Å². The van der Waals surface area contributed by atoms with Crippen LogP contribution in [0.25, 0.3) is 11.8 Å². The van der Waals surface area contributed by atoms with Crippen molar-refractivity contribution in [2.45, 2.75) is 33.6 Å². The summed E-state index contributed by atoms with van der Waals surface area (Å²) < 4.78 is 0. The van der Waals surface area contributed by atoms with Crippen LogP contribution in [0.3, 0.4) is 0 Å². The van der Waals surface area contributed by atoms with E-state index < -0.39 is 0 Å². The standard InChI is InChI=1S/C29H30N2/c1-5-24(14-15-25-10-6-22(2)7-11-25)20-28(30-4)29-21-27(18-19-31-29)17-16-26-12-8-23(3)9-13-26/h5-15,18-21H,4,16-17H2,1-3H3. The number of hydrogen-bond acceptors (Lipinski definition) is 2. The predicted molar refractivity (Wildman–Crippen MR) is 134 cm³/mol. The molecule has 1 heterocycles. The molecule has 1 aromatic heterocycles. The highest BCUT2D eigenvalue weighted by atomic mass is 14.8. The van der Waals surface area contributed by atoms with Crippen molar-refractivity contribution in [1.29, 1.82) is 0 Å². The van der Waals surface area contributed by atoms with Gasteiger partial charge in [-0.25, -0.2) is 0 Å². The van der Waals surface area contributed by atoms with Gasteiger partial charge >= 0.3 is 0 Å². The van der Waals surface area contributed by atoms with E-state index in [1.165, 1.54) is 27.8 Å². The molecule has 0 atom stereocenters. The van der Waals surface area contributed by atoms with Gasteiger partial charge in [-0.05, 0) is 80.8 Å². The average molecular weight is 407 g/mol. The summed E-state index contributed by atoms with van der Waals surface area (Å²) in [5.74, 6) is 0. The molecule has 0 saturated heterocycles. The summed E-state index contributed by atoms with van der Waals surface area (Å²) >= 11 is 0. The van der Waals surface area contributed by atoms with Gasteiger partial charge in [-0.2, -0.15) is 0 Å². The highest BCUT2D eigenvalue weighted by Gasteiger charge is 2.04. The van der Waals surface area contributed by atoms with Gasteiger partial charge in [0.25, 0.3) is 0 Å². The lowest BCUT2D eigenvalue weighted by Gasteiger charge is -2.06. The molecule has 156 valence electrons. The minimum Gasteiger partial charge on any atom is -0.262 e. The lowest BCUT2D eigenvalue weighted by molar-refractivity contribution is 0.952. The Balaban J connectivity index is 1.74. The van der Waals surface area contributed by atoms with Crippen LogP contribution in [-0.2, 0) is 12.8 Å². The summed E-state index contributed by atoms with van der Waals surface area (Å²) in [6.45, 7) is 10.0. The fourth-order valence-electron chi connectivity index (χ4n) is 3.27. The van der Waals surface area contributed by atoms with Crippen molar-refractivity contribution in [2.24, 2.45) is 4.99 Å². The Morgan fingerprint density at radius 2 is 1.55 bits per heavy atom. The zero-order chi connectivity index (χ0) is 22.1. The van der Waals surface area contributed by atoms with Gasteiger partial charge in [0.15, 0.2) is 0 Å². The van der Waals surface area contributed by atoms with Gasteiger partial charge in [-0.3, -0.25) is 9.98 Å². The molecule has 3 rings (SSSR count). The smallest absolute Gasteiger partial charge is 0.0888 e. The van der Waals surface area contributed by atoms with Gasteiger partial charge in [0.05, 0.1) is 11.4 Å². The molecule has 0 fully saturated rings. The molecule has 2 heteroatoms. The van der Waals surface area contributed by atoms with Crippen molar-refractivity contribution in [3.8, 4) is 0 Å². The number of aryl methyl sites for hydroxylation is 4. The fraction of sp³-hybridized carbons (Fsp3) is 0.172. The summed E-state index contributed by atoms with van der Waals surface area (Å²) in [6, 6.07) is 21.4. The van der Waals surface area contributed by atoms with E-state index in [4.69, 9.17) is 0 Å². The predicted octanol–water partition coefficient (Wildman–Crippen LogP) is 7.18. The third-order valence-electron chi connectivity index (χ3n) is 5.26. The highest BCUT2D eigenvalue weighted by Crippen LogP contribution is 2.19. The van der Waals surface area contributed by atoms with Gasteiger partial charge in [-0.1, -0.05) is 77.9 Å². The van der Waals surface area contributed by atoms with E-state index in [1.807, 2.05) is 19.2 Å². The third-order valence-corrected chi connectivity index (χ3v) is 5.26. The number of benzene rings is 2. The maximum Gasteiger partial charge on any atom is 0.0888 e. The quantitative estimate of drug-likeness (QED) is 0.287. The van der Waals surface area contributed by atoms with Crippen LogP contribution in [0.4, 0.5) is 0 Å². The summed E-state index contributed by atoms with van der Waals surface area (Å²) in [5.41, 5.74) is 9.00. The lowest BCUT2D eigenvalue weighted by atomic mass is 10.0. The average Bonchev–Trinajstić information content (AvgIpc) is 2.80. The molecule has 0 bridgehead atoms. The van der Waals surface area contributed by atoms with Crippen LogP contribution < -0.4 is 0 Å². The number of aliphatic imine (C=N–C) groups is 1. The number of pyridine rings is 1. The van der Waals surface area contributed by atoms with E-state index in [0.717, 1.165) is 29.8 Å². The topological polar surface area (TPSA) is 25.2 Å². The number of hydrogen-bond donors (Lipinski definition) is 0. The van der Waals surface area contributed by atoms with E-state index in [0.29, 0.717) is 0 Å². The second-order valence-corrected chi connectivity index (χ2v) is 7.76. The molecule has 3 aromatic rings. The Morgan fingerprint density at radius 1 is 0.903 bits per heavy atom. The van der Waals surface area contributed by atoms with Crippen LogP contribution in [-0.4, -0.2) is 11.7 Å². The van der Waals surface area contributed by atoms with Crippen molar-refractivity contribution in [3.05, 3.63) is 124 Å². The Labute approximate surface area is 186 Å². The lowest BCUT2D eigenvalue weighted by Crippen LogP contribution is -1.95. The third kappa shape index (κ3) is 6.75. The first-order valence-corrected chi connectivity index (χ1v) is 10.7. The van der Waals surface area contributed by atoms with Crippen molar-refractivity contribution < 1.29 is 0 Å². The van der Waals surface area contributed by atoms with Gasteiger partial charge < -0.3 is 0 Å². The van der Waals surface area contributed by atoms with Crippen LogP contribution in [0.2, 0.25) is 0 Å². The van der Waals surface area contributed by atoms with Crippen LogP contribution in [0, 0.1) is 13.8 Å². The van der Waals surface area contributed by atoms with E-state index in [1.54, 1.807) is 0 Å². The Bertz CT molecular complexity index is 1100. The highest BCUT2D eigenvalue weighted by molar-refractivity contribution is 5.70. The molecular formula is C29H30N2. The number of allylic oxidation sites excluding steroid dienone is 4. The van der Waals surface area contributed by atoms with Crippen molar-refractivity contribution in [1.82, 2.24) is 4.98 Å². The van der Waals surface area contributed by atoms with Gasteiger partial charge in [0.2, 0.25) is 0 Å². The molecular weight excluding hydrogens is 376 g/mol. The molecule has 31 heavy (non-hydrogen) atoms. The van der Waals surface area contributed by atoms with Crippen molar-refractivity contribution >= 4 is 18.5 Å². The minimum atomic E-state index is 0.777. The first-order valence-electron chi connectivity index (χ1n) is 10.7. The van der Waals surface area contributed by atoms with Crippen molar-refractivity contribution in [3.63, 3.8) is 0 Å². The van der Waals surface area contributed by atoms with Crippen LogP contribution >= 0.6 is 0 Å². The molecule has 2 aromatic carbocycles. The zero-order valence-corrected chi connectivity index (χ0v) is 18.7. The Hall–Kier alpha value is -3.52. The normalized spacial score (nSPS) is 12.4. The van der Waals surface area contributed by atoms with Crippen LogP contribution in [0.1, 0.15) is 40.4 Å². The maximum absolute atomic E-state index is 4.54. The molecule has 0 unspecified atom stereocenters. The molecule has 2 nitrogen and oxygen atoms in total. The summed E-state index contributed by atoms with van der Waals surface area (Å²) in [4.78, 5) is 8.79. The molecule has 0 aliphatic rings. The monoisotopic (exact) mass is 406 g/mol.